The van der Waals surface area contributed by atoms with E-state index in [1.165, 1.54) is 7.11 Å². The number of aryl methyl sites for hydroxylation is 1. The van der Waals surface area contributed by atoms with Gasteiger partial charge in [-0.3, -0.25) is 14.9 Å². The van der Waals surface area contributed by atoms with Crippen molar-refractivity contribution in [3.63, 3.8) is 0 Å². The molecule has 178 valence electrons. The summed E-state index contributed by atoms with van der Waals surface area (Å²) in [6.07, 6.45) is 2.20. The molecule has 2 amide bonds. The molecule has 0 saturated carbocycles. The lowest BCUT2D eigenvalue weighted by Crippen LogP contribution is -2.33. The molecule has 3 aromatic rings. The number of benzene rings is 2. The van der Waals surface area contributed by atoms with E-state index in [4.69, 9.17) is 33.0 Å². The third kappa shape index (κ3) is 6.59. The standard InChI is InChI=1S/C25H26ClN3O4S/c1-4-5-6-23(30)28-19-10-9-17(14-22(19)32-3)27-25(34)29-24(31)21-12-11-20(33-21)16-8-7-15(2)18(26)13-16/h7-14H,4-6H2,1-3H3,(H,28,30)(H2,27,29,31,34). The number of rotatable bonds is 8. The van der Waals surface area contributed by atoms with Crippen LogP contribution in [0.25, 0.3) is 11.3 Å². The van der Waals surface area contributed by atoms with Gasteiger partial charge < -0.3 is 19.8 Å². The van der Waals surface area contributed by atoms with Gasteiger partial charge in [0.05, 0.1) is 12.8 Å². The minimum Gasteiger partial charge on any atom is -0.494 e. The summed E-state index contributed by atoms with van der Waals surface area (Å²) < 4.78 is 11.1. The minimum absolute atomic E-state index is 0.0747. The number of thiocarbonyl (C=S) groups is 1. The molecule has 3 rings (SSSR count). The van der Waals surface area contributed by atoms with Gasteiger partial charge in [0.25, 0.3) is 5.91 Å². The molecule has 0 aliphatic rings. The lowest BCUT2D eigenvalue weighted by Gasteiger charge is -2.13. The van der Waals surface area contributed by atoms with Crippen LogP contribution >= 0.6 is 23.8 Å². The monoisotopic (exact) mass is 499 g/mol. The highest BCUT2D eigenvalue weighted by atomic mass is 35.5. The number of amides is 2. The fourth-order valence-electron chi connectivity index (χ4n) is 3.11. The summed E-state index contributed by atoms with van der Waals surface area (Å²) in [6, 6.07) is 13.9. The van der Waals surface area contributed by atoms with Crippen LogP contribution < -0.4 is 20.7 Å². The third-order valence-corrected chi connectivity index (χ3v) is 5.62. The Morgan fingerprint density at radius 3 is 2.59 bits per heavy atom. The van der Waals surface area contributed by atoms with Crippen molar-refractivity contribution in [1.29, 1.82) is 0 Å². The maximum Gasteiger partial charge on any atom is 0.293 e. The number of hydrogen-bond acceptors (Lipinski definition) is 5. The van der Waals surface area contributed by atoms with Gasteiger partial charge in [0.15, 0.2) is 10.9 Å². The van der Waals surface area contributed by atoms with Crippen LogP contribution in [0.4, 0.5) is 11.4 Å². The van der Waals surface area contributed by atoms with Gasteiger partial charge in [0, 0.05) is 28.8 Å². The molecule has 1 heterocycles. The third-order valence-electron chi connectivity index (χ3n) is 5.00. The van der Waals surface area contributed by atoms with Crippen LogP contribution in [0.15, 0.2) is 52.9 Å². The van der Waals surface area contributed by atoms with Crippen LogP contribution in [0.5, 0.6) is 5.75 Å². The van der Waals surface area contributed by atoms with Gasteiger partial charge in [-0.1, -0.05) is 37.1 Å². The highest BCUT2D eigenvalue weighted by Gasteiger charge is 2.15. The summed E-state index contributed by atoms with van der Waals surface area (Å²) in [7, 11) is 1.51. The summed E-state index contributed by atoms with van der Waals surface area (Å²) in [5, 5.41) is 9.06. The normalized spacial score (nSPS) is 10.5. The second kappa shape index (κ2) is 11.7. The zero-order valence-electron chi connectivity index (χ0n) is 19.2. The van der Waals surface area contributed by atoms with Crippen LogP contribution in [0.2, 0.25) is 5.02 Å². The van der Waals surface area contributed by atoms with E-state index >= 15 is 0 Å². The number of anilines is 2. The maximum atomic E-state index is 12.6. The molecule has 0 aliphatic carbocycles. The molecule has 0 radical (unpaired) electrons. The van der Waals surface area contributed by atoms with Crippen molar-refractivity contribution in [3.8, 4) is 17.1 Å². The number of carbonyl (C=O) groups excluding carboxylic acids is 2. The van der Waals surface area contributed by atoms with Gasteiger partial charge >= 0.3 is 0 Å². The maximum absolute atomic E-state index is 12.6. The average Bonchev–Trinajstić information content (AvgIpc) is 3.31. The lowest BCUT2D eigenvalue weighted by molar-refractivity contribution is -0.116. The van der Waals surface area contributed by atoms with Crippen LogP contribution in [-0.4, -0.2) is 24.0 Å². The Hall–Kier alpha value is -3.36. The van der Waals surface area contributed by atoms with Crippen LogP contribution in [0, 0.1) is 6.92 Å². The Bertz CT molecular complexity index is 1210. The molecule has 9 heteroatoms. The van der Waals surface area contributed by atoms with Gasteiger partial charge in [-0.15, -0.1) is 0 Å². The Balaban J connectivity index is 1.62. The molecule has 1 aromatic heterocycles. The van der Waals surface area contributed by atoms with E-state index in [0.717, 1.165) is 24.0 Å². The molecule has 3 N–H and O–H groups in total. The highest BCUT2D eigenvalue weighted by Crippen LogP contribution is 2.29. The van der Waals surface area contributed by atoms with E-state index in [1.54, 1.807) is 36.4 Å². The number of carbonyl (C=O) groups is 2. The number of nitrogens with one attached hydrogen (secondary N) is 3. The minimum atomic E-state index is -0.492. The number of furan rings is 1. The van der Waals surface area contributed by atoms with E-state index in [-0.39, 0.29) is 16.8 Å². The summed E-state index contributed by atoms with van der Waals surface area (Å²) in [6.45, 7) is 3.94. The second-order valence-electron chi connectivity index (χ2n) is 7.60. The van der Waals surface area contributed by atoms with Gasteiger partial charge in [0.1, 0.15) is 11.5 Å². The fraction of sp³-hybridized carbons (Fsp3) is 0.240. The second-order valence-corrected chi connectivity index (χ2v) is 8.42. The Morgan fingerprint density at radius 2 is 1.88 bits per heavy atom. The number of halogens is 1. The van der Waals surface area contributed by atoms with Crippen molar-refractivity contribution in [2.24, 2.45) is 0 Å². The highest BCUT2D eigenvalue weighted by molar-refractivity contribution is 7.80. The largest absolute Gasteiger partial charge is 0.494 e. The molecular weight excluding hydrogens is 474 g/mol. The summed E-state index contributed by atoms with van der Waals surface area (Å²) >= 11 is 11.4. The van der Waals surface area contributed by atoms with Crippen molar-refractivity contribution >= 4 is 52.1 Å². The van der Waals surface area contributed by atoms with Crippen molar-refractivity contribution < 1.29 is 18.7 Å². The fourth-order valence-corrected chi connectivity index (χ4v) is 3.50. The molecular formula is C25H26ClN3O4S. The predicted molar refractivity (Wildman–Crippen MR) is 139 cm³/mol. The molecule has 0 saturated heterocycles. The van der Waals surface area contributed by atoms with Crippen LogP contribution in [0.3, 0.4) is 0 Å². The zero-order valence-corrected chi connectivity index (χ0v) is 20.7. The predicted octanol–water partition coefficient (Wildman–Crippen LogP) is 6.17. The molecule has 0 aliphatic heterocycles. The van der Waals surface area contributed by atoms with E-state index in [9.17, 15) is 9.59 Å². The van der Waals surface area contributed by atoms with Crippen molar-refractivity contribution in [1.82, 2.24) is 5.32 Å². The number of ether oxygens (including phenoxy) is 1. The quantitative estimate of drug-likeness (QED) is 0.321. The summed E-state index contributed by atoms with van der Waals surface area (Å²) in [4.78, 5) is 24.6. The van der Waals surface area contributed by atoms with Gasteiger partial charge in [-0.05, 0) is 61.5 Å². The summed E-state index contributed by atoms with van der Waals surface area (Å²) in [5.74, 6) is 0.533. The van der Waals surface area contributed by atoms with E-state index in [2.05, 4.69) is 16.0 Å². The SMILES string of the molecule is CCCCC(=O)Nc1ccc(NC(=S)NC(=O)c2ccc(-c3ccc(C)c(Cl)c3)o2)cc1OC. The molecule has 0 unspecified atom stereocenters. The molecule has 0 atom stereocenters. The number of methoxy groups -OCH3 is 1. The van der Waals surface area contributed by atoms with Crippen molar-refractivity contribution in [3.05, 3.63) is 64.9 Å². The van der Waals surface area contributed by atoms with Gasteiger partial charge in [-0.25, -0.2) is 0 Å². The first-order valence-corrected chi connectivity index (χ1v) is 11.6. The number of unbranched alkanes of at least 4 members (excludes halogenated alkanes) is 1. The molecule has 2 aromatic carbocycles. The first kappa shape index (κ1) is 25.3. The molecule has 0 bridgehead atoms. The first-order valence-electron chi connectivity index (χ1n) is 10.8. The van der Waals surface area contributed by atoms with Gasteiger partial charge in [-0.2, -0.15) is 0 Å². The molecule has 0 spiro atoms. The van der Waals surface area contributed by atoms with Crippen molar-refractivity contribution in [2.45, 2.75) is 33.1 Å². The smallest absolute Gasteiger partial charge is 0.293 e. The number of hydrogen-bond donors (Lipinski definition) is 3. The van der Waals surface area contributed by atoms with E-state index in [0.29, 0.717) is 34.3 Å². The summed E-state index contributed by atoms with van der Waals surface area (Å²) in [5.41, 5.74) is 2.87. The lowest BCUT2D eigenvalue weighted by atomic mass is 10.1. The van der Waals surface area contributed by atoms with E-state index in [1.807, 2.05) is 26.0 Å². The average molecular weight is 500 g/mol. The zero-order chi connectivity index (χ0) is 24.7. The topological polar surface area (TPSA) is 92.6 Å². The molecule has 7 nitrogen and oxygen atoms in total. The van der Waals surface area contributed by atoms with Gasteiger partial charge in [0.2, 0.25) is 5.91 Å². The molecule has 0 fully saturated rings. The van der Waals surface area contributed by atoms with Crippen molar-refractivity contribution in [2.75, 3.05) is 17.7 Å². The van der Waals surface area contributed by atoms with E-state index < -0.39 is 5.91 Å². The first-order chi connectivity index (χ1) is 16.3. The molecule has 34 heavy (non-hydrogen) atoms. The Labute approximate surface area is 208 Å². The Morgan fingerprint density at radius 1 is 1.09 bits per heavy atom. The van der Waals surface area contributed by atoms with Crippen LogP contribution in [0.1, 0.15) is 42.3 Å². The van der Waals surface area contributed by atoms with Crippen LogP contribution in [-0.2, 0) is 4.79 Å². The Kier molecular flexibility index (Phi) is 8.67.